The average Bonchev–Trinajstić information content (AvgIpc) is 2.86. The van der Waals surface area contributed by atoms with Gasteiger partial charge < -0.3 is 19.0 Å². The summed E-state index contributed by atoms with van der Waals surface area (Å²) >= 11 is 0. The van der Waals surface area contributed by atoms with Crippen LogP contribution in [0.15, 0.2) is 12.1 Å². The highest BCUT2D eigenvalue weighted by Gasteiger charge is 2.36. The predicted octanol–water partition coefficient (Wildman–Crippen LogP) is 3.51. The molecule has 0 radical (unpaired) electrons. The first-order chi connectivity index (χ1) is 10.2. The zero-order valence-corrected chi connectivity index (χ0v) is 15.4. The molecule has 1 aliphatic heterocycles. The molecule has 0 saturated carbocycles. The number of rotatable bonds is 6. The molecule has 22 heavy (non-hydrogen) atoms. The van der Waals surface area contributed by atoms with E-state index < -0.39 is 8.32 Å². The topological polar surface area (TPSA) is 47.9 Å². The zero-order chi connectivity index (χ0) is 16.4. The van der Waals surface area contributed by atoms with Gasteiger partial charge in [-0.15, -0.1) is 0 Å². The molecule has 0 aromatic heterocycles. The highest BCUT2D eigenvalue weighted by atomic mass is 28.4. The summed E-state index contributed by atoms with van der Waals surface area (Å²) in [6, 6.07) is 4.12. The van der Waals surface area contributed by atoms with Gasteiger partial charge in [-0.05, 0) is 42.6 Å². The van der Waals surface area contributed by atoms with Gasteiger partial charge in [0.05, 0.1) is 0 Å². The molecule has 1 N–H and O–H groups in total. The van der Waals surface area contributed by atoms with Crippen molar-refractivity contribution in [3.05, 3.63) is 23.3 Å². The minimum absolute atomic E-state index is 0.111. The SMILES string of the molecule is CC(C)(C)[Si](C)(C)OCCc1cc(CCO)c2c(c1)OCO2. The number of benzene rings is 1. The summed E-state index contributed by atoms with van der Waals surface area (Å²) in [6.07, 6.45) is 1.43. The van der Waals surface area contributed by atoms with Crippen LogP contribution in [-0.2, 0) is 17.3 Å². The molecule has 4 nitrogen and oxygen atoms in total. The summed E-state index contributed by atoms with van der Waals surface area (Å²) in [5.41, 5.74) is 2.19. The molecular weight excluding hydrogens is 296 g/mol. The van der Waals surface area contributed by atoms with Gasteiger partial charge in [0.2, 0.25) is 6.79 Å². The highest BCUT2D eigenvalue weighted by Crippen LogP contribution is 2.38. The van der Waals surface area contributed by atoms with Gasteiger partial charge in [0, 0.05) is 18.8 Å². The van der Waals surface area contributed by atoms with Crippen LogP contribution in [0.25, 0.3) is 0 Å². The van der Waals surface area contributed by atoms with Gasteiger partial charge in [0.25, 0.3) is 0 Å². The molecule has 0 fully saturated rings. The maximum absolute atomic E-state index is 9.20. The monoisotopic (exact) mass is 324 g/mol. The van der Waals surface area contributed by atoms with Gasteiger partial charge >= 0.3 is 0 Å². The smallest absolute Gasteiger partial charge is 0.231 e. The Morgan fingerprint density at radius 2 is 1.91 bits per heavy atom. The first-order valence-electron chi connectivity index (χ1n) is 7.91. The van der Waals surface area contributed by atoms with Gasteiger partial charge in [-0.25, -0.2) is 0 Å². The molecule has 1 aromatic rings. The third-order valence-corrected chi connectivity index (χ3v) is 9.19. The first-order valence-corrected chi connectivity index (χ1v) is 10.8. The summed E-state index contributed by atoms with van der Waals surface area (Å²) in [6.45, 7) is 12.4. The molecule has 0 atom stereocenters. The Bertz CT molecular complexity index is 520. The number of ether oxygens (including phenoxy) is 2. The average molecular weight is 324 g/mol. The molecule has 5 heteroatoms. The van der Waals surface area contributed by atoms with E-state index in [4.69, 9.17) is 13.9 Å². The Morgan fingerprint density at radius 3 is 2.55 bits per heavy atom. The Hall–Kier alpha value is -1.04. The van der Waals surface area contributed by atoms with Gasteiger partial charge in [-0.2, -0.15) is 0 Å². The van der Waals surface area contributed by atoms with Crippen LogP contribution in [-0.4, -0.2) is 33.4 Å². The third kappa shape index (κ3) is 3.83. The van der Waals surface area contributed by atoms with Gasteiger partial charge in [0.15, 0.2) is 19.8 Å². The van der Waals surface area contributed by atoms with Crippen LogP contribution < -0.4 is 9.47 Å². The Kier molecular flexibility index (Phi) is 5.20. The molecule has 0 amide bonds. The van der Waals surface area contributed by atoms with Crippen LogP contribution >= 0.6 is 0 Å². The van der Waals surface area contributed by atoms with E-state index in [0.29, 0.717) is 13.0 Å². The fraction of sp³-hybridized carbons (Fsp3) is 0.647. The van der Waals surface area contributed by atoms with Crippen molar-refractivity contribution in [1.29, 1.82) is 0 Å². The normalized spacial score (nSPS) is 14.5. The fourth-order valence-electron chi connectivity index (χ4n) is 2.24. The van der Waals surface area contributed by atoms with Crippen molar-refractivity contribution in [3.63, 3.8) is 0 Å². The van der Waals surface area contributed by atoms with Crippen LogP contribution in [0.1, 0.15) is 31.9 Å². The van der Waals surface area contributed by atoms with Crippen molar-refractivity contribution in [2.75, 3.05) is 20.0 Å². The molecule has 0 bridgehead atoms. The largest absolute Gasteiger partial charge is 0.454 e. The van der Waals surface area contributed by atoms with Gasteiger partial charge in [-0.3, -0.25) is 0 Å². The predicted molar refractivity (Wildman–Crippen MR) is 90.2 cm³/mol. The molecule has 0 spiro atoms. The lowest BCUT2D eigenvalue weighted by atomic mass is 10.0. The minimum Gasteiger partial charge on any atom is -0.454 e. The molecule has 0 aliphatic carbocycles. The van der Waals surface area contributed by atoms with Crippen molar-refractivity contribution in [2.45, 2.75) is 51.7 Å². The lowest BCUT2D eigenvalue weighted by Gasteiger charge is -2.36. The zero-order valence-electron chi connectivity index (χ0n) is 14.4. The van der Waals surface area contributed by atoms with E-state index in [-0.39, 0.29) is 18.4 Å². The van der Waals surface area contributed by atoms with Crippen molar-refractivity contribution < 1.29 is 19.0 Å². The van der Waals surface area contributed by atoms with Crippen molar-refractivity contribution >= 4 is 8.32 Å². The summed E-state index contributed by atoms with van der Waals surface area (Å²) < 4.78 is 17.2. The van der Waals surface area contributed by atoms with Crippen LogP contribution in [0.5, 0.6) is 11.5 Å². The Labute approximate surface area is 134 Å². The molecule has 0 unspecified atom stereocenters. The number of hydrogen-bond donors (Lipinski definition) is 1. The standard InChI is InChI=1S/C17H28O4Si/c1-17(2,3)22(4,5)21-9-7-13-10-14(6-8-18)16-15(11-13)19-12-20-16/h10-11,18H,6-9,12H2,1-5H3. The number of aliphatic hydroxyl groups is 1. The number of aliphatic hydroxyl groups excluding tert-OH is 1. The van der Waals surface area contributed by atoms with Crippen molar-refractivity contribution in [3.8, 4) is 11.5 Å². The van der Waals surface area contributed by atoms with Crippen LogP contribution in [0.4, 0.5) is 0 Å². The van der Waals surface area contributed by atoms with Crippen LogP contribution in [0.2, 0.25) is 18.1 Å². The van der Waals surface area contributed by atoms with E-state index in [1.807, 2.05) is 6.07 Å². The molecule has 1 heterocycles. The minimum atomic E-state index is -1.70. The van der Waals surface area contributed by atoms with Crippen molar-refractivity contribution in [2.24, 2.45) is 0 Å². The molecule has 2 rings (SSSR count). The maximum Gasteiger partial charge on any atom is 0.231 e. The first kappa shape index (κ1) is 17.3. The Morgan fingerprint density at radius 1 is 1.18 bits per heavy atom. The second-order valence-corrected chi connectivity index (χ2v) is 12.1. The molecule has 124 valence electrons. The third-order valence-electron chi connectivity index (χ3n) is 4.65. The second-order valence-electron chi connectivity index (χ2n) is 7.32. The van der Waals surface area contributed by atoms with Crippen LogP contribution in [0.3, 0.4) is 0 Å². The number of fused-ring (bicyclic) bond motifs is 1. The lowest BCUT2D eigenvalue weighted by molar-refractivity contribution is 0.173. The maximum atomic E-state index is 9.20. The summed E-state index contributed by atoms with van der Waals surface area (Å²) in [7, 11) is -1.70. The van der Waals surface area contributed by atoms with E-state index in [1.54, 1.807) is 0 Å². The van der Waals surface area contributed by atoms with E-state index in [2.05, 4.69) is 39.9 Å². The van der Waals surface area contributed by atoms with E-state index in [9.17, 15) is 5.11 Å². The second kappa shape index (κ2) is 6.60. The van der Waals surface area contributed by atoms with E-state index in [1.165, 1.54) is 5.56 Å². The quantitative estimate of drug-likeness (QED) is 0.814. The highest BCUT2D eigenvalue weighted by molar-refractivity contribution is 6.74. The molecule has 1 aromatic carbocycles. The van der Waals surface area contributed by atoms with E-state index >= 15 is 0 Å². The van der Waals surface area contributed by atoms with Gasteiger partial charge in [-0.1, -0.05) is 26.8 Å². The molecule has 1 aliphatic rings. The summed E-state index contributed by atoms with van der Waals surface area (Å²) in [5, 5.41) is 9.42. The van der Waals surface area contributed by atoms with Crippen LogP contribution in [0, 0.1) is 0 Å². The molecular formula is C17H28O4Si. The summed E-state index contributed by atoms with van der Waals surface area (Å²) in [4.78, 5) is 0. The lowest BCUT2D eigenvalue weighted by Crippen LogP contribution is -2.41. The van der Waals surface area contributed by atoms with Crippen molar-refractivity contribution in [1.82, 2.24) is 0 Å². The molecule has 0 saturated heterocycles. The fourth-order valence-corrected chi connectivity index (χ4v) is 3.28. The van der Waals surface area contributed by atoms with E-state index in [0.717, 1.165) is 23.5 Å². The Balaban J connectivity index is 2.03. The van der Waals surface area contributed by atoms with Gasteiger partial charge in [0.1, 0.15) is 0 Å². The number of hydrogen-bond acceptors (Lipinski definition) is 4. The summed E-state index contributed by atoms with van der Waals surface area (Å²) in [5.74, 6) is 1.57.